The van der Waals surface area contributed by atoms with Crippen molar-refractivity contribution >= 4 is 33.3 Å². The van der Waals surface area contributed by atoms with Crippen LogP contribution in [0.25, 0.3) is 0 Å². The van der Waals surface area contributed by atoms with Crippen LogP contribution >= 0.6 is 15.9 Å². The van der Waals surface area contributed by atoms with Crippen molar-refractivity contribution in [3.05, 3.63) is 33.8 Å². The summed E-state index contributed by atoms with van der Waals surface area (Å²) in [6.45, 7) is 1.82. The van der Waals surface area contributed by atoms with Gasteiger partial charge < -0.3 is 0 Å². The topological polar surface area (TPSA) is 51.2 Å². The van der Waals surface area contributed by atoms with Crippen LogP contribution in [0.2, 0.25) is 0 Å². The number of rotatable bonds is 2. The molecule has 3 rings (SSSR count). The number of carbonyl (C=O) groups excluding carboxylic acids is 3. The zero-order valence-corrected chi connectivity index (χ0v) is 12.8. The molecule has 1 aromatic carbocycles. The molecule has 2 aliphatic rings. The number of hydrogen-bond donors (Lipinski definition) is 0. The van der Waals surface area contributed by atoms with E-state index in [4.69, 9.17) is 0 Å². The number of aryl methyl sites for hydroxylation is 1. The summed E-state index contributed by atoms with van der Waals surface area (Å²) in [6.07, 6.45) is 2.18. The molecule has 0 spiro atoms. The van der Waals surface area contributed by atoms with E-state index < -0.39 is 5.92 Å². The second-order valence-electron chi connectivity index (χ2n) is 5.77. The number of Topliss-reactive ketones (excluding diaryl/α,β-unsaturated/α-hetero) is 3. The van der Waals surface area contributed by atoms with E-state index in [1.54, 1.807) is 12.1 Å². The Morgan fingerprint density at radius 2 is 1.75 bits per heavy atom. The molecule has 0 saturated heterocycles. The maximum absolute atomic E-state index is 12.6. The quantitative estimate of drug-likeness (QED) is 0.616. The third-order valence-corrected chi connectivity index (χ3v) is 5.02. The highest BCUT2D eigenvalue weighted by atomic mass is 79.9. The lowest BCUT2D eigenvalue weighted by atomic mass is 9.75. The fourth-order valence-electron chi connectivity index (χ4n) is 3.43. The number of fused-ring (bicyclic) bond motifs is 2. The van der Waals surface area contributed by atoms with Crippen molar-refractivity contribution in [3.8, 4) is 0 Å². The summed E-state index contributed by atoms with van der Waals surface area (Å²) in [6, 6.07) is 5.30. The SMILES string of the molecule is Cc1cc(Br)ccc1C(=O)C1C(=O)C2CCC(C2)C1=O. The van der Waals surface area contributed by atoms with Crippen molar-refractivity contribution in [1.82, 2.24) is 0 Å². The van der Waals surface area contributed by atoms with Crippen LogP contribution in [0.1, 0.15) is 35.2 Å². The lowest BCUT2D eigenvalue weighted by molar-refractivity contribution is -0.137. The summed E-state index contributed by atoms with van der Waals surface area (Å²) in [5.74, 6) is -1.85. The maximum Gasteiger partial charge on any atom is 0.181 e. The first-order valence-electron chi connectivity index (χ1n) is 6.87. The highest BCUT2D eigenvalue weighted by molar-refractivity contribution is 9.10. The van der Waals surface area contributed by atoms with Crippen LogP contribution in [0.3, 0.4) is 0 Å². The first kappa shape index (κ1) is 13.7. The molecular formula is C16H15BrO3. The van der Waals surface area contributed by atoms with Gasteiger partial charge in [-0.1, -0.05) is 15.9 Å². The molecule has 0 aliphatic heterocycles. The van der Waals surface area contributed by atoms with Crippen LogP contribution < -0.4 is 0 Å². The summed E-state index contributed by atoms with van der Waals surface area (Å²) >= 11 is 3.35. The van der Waals surface area contributed by atoms with Gasteiger partial charge in [-0.05, 0) is 49.9 Å². The molecule has 0 N–H and O–H groups in total. The Labute approximate surface area is 125 Å². The Balaban J connectivity index is 1.97. The van der Waals surface area contributed by atoms with Gasteiger partial charge in [0.05, 0.1) is 0 Å². The molecule has 1 aromatic rings. The molecule has 4 heteroatoms. The van der Waals surface area contributed by atoms with Crippen molar-refractivity contribution in [3.63, 3.8) is 0 Å². The fourth-order valence-corrected chi connectivity index (χ4v) is 3.90. The van der Waals surface area contributed by atoms with Gasteiger partial charge in [-0.25, -0.2) is 0 Å². The molecule has 104 valence electrons. The van der Waals surface area contributed by atoms with E-state index in [1.165, 1.54) is 0 Å². The first-order chi connectivity index (χ1) is 9.49. The molecule has 2 saturated carbocycles. The van der Waals surface area contributed by atoms with Crippen LogP contribution in [0.15, 0.2) is 22.7 Å². The molecule has 0 radical (unpaired) electrons. The van der Waals surface area contributed by atoms with E-state index in [1.807, 2.05) is 13.0 Å². The van der Waals surface area contributed by atoms with E-state index >= 15 is 0 Å². The van der Waals surface area contributed by atoms with Gasteiger partial charge in [0.2, 0.25) is 0 Å². The van der Waals surface area contributed by atoms with Crippen molar-refractivity contribution in [2.75, 3.05) is 0 Å². The largest absolute Gasteiger partial charge is 0.298 e. The maximum atomic E-state index is 12.6. The second-order valence-corrected chi connectivity index (χ2v) is 6.68. The van der Waals surface area contributed by atoms with Crippen LogP contribution in [0.5, 0.6) is 0 Å². The monoisotopic (exact) mass is 334 g/mol. The van der Waals surface area contributed by atoms with E-state index in [-0.39, 0.29) is 29.2 Å². The average Bonchev–Trinajstić information content (AvgIpc) is 2.83. The Hall–Kier alpha value is -1.29. The van der Waals surface area contributed by atoms with Gasteiger partial charge >= 0.3 is 0 Å². The van der Waals surface area contributed by atoms with E-state index in [9.17, 15) is 14.4 Å². The Bertz CT molecular complexity index is 598. The molecule has 2 unspecified atom stereocenters. The smallest absolute Gasteiger partial charge is 0.181 e. The summed E-state index contributed by atoms with van der Waals surface area (Å²) in [5.41, 5.74) is 1.28. The van der Waals surface area contributed by atoms with Crippen molar-refractivity contribution in [2.24, 2.45) is 17.8 Å². The third kappa shape index (κ3) is 2.06. The van der Waals surface area contributed by atoms with Gasteiger partial charge in [0.15, 0.2) is 17.3 Å². The predicted molar refractivity (Wildman–Crippen MR) is 77.5 cm³/mol. The summed E-state index contributed by atoms with van der Waals surface area (Å²) in [7, 11) is 0. The molecule has 2 fully saturated rings. The zero-order valence-electron chi connectivity index (χ0n) is 11.2. The number of ketones is 3. The normalized spacial score (nSPS) is 28.8. The van der Waals surface area contributed by atoms with Crippen LogP contribution in [-0.4, -0.2) is 17.3 Å². The lowest BCUT2D eigenvalue weighted by Crippen LogP contribution is -2.41. The van der Waals surface area contributed by atoms with E-state index in [2.05, 4.69) is 15.9 Å². The van der Waals surface area contributed by atoms with Gasteiger partial charge in [-0.3, -0.25) is 14.4 Å². The Morgan fingerprint density at radius 3 is 2.30 bits per heavy atom. The highest BCUT2D eigenvalue weighted by Crippen LogP contribution is 2.41. The predicted octanol–water partition coefficient (Wildman–Crippen LogP) is 3.12. The van der Waals surface area contributed by atoms with Gasteiger partial charge in [0, 0.05) is 21.9 Å². The molecule has 2 atom stereocenters. The van der Waals surface area contributed by atoms with Gasteiger partial charge in [-0.2, -0.15) is 0 Å². The fraction of sp³-hybridized carbons (Fsp3) is 0.438. The Morgan fingerprint density at radius 1 is 1.15 bits per heavy atom. The summed E-state index contributed by atoms with van der Waals surface area (Å²) < 4.78 is 0.882. The molecule has 0 aromatic heterocycles. The zero-order chi connectivity index (χ0) is 14.4. The van der Waals surface area contributed by atoms with Crippen molar-refractivity contribution < 1.29 is 14.4 Å². The first-order valence-corrected chi connectivity index (χ1v) is 7.66. The summed E-state index contributed by atoms with van der Waals surface area (Å²) in [5, 5.41) is 0. The van der Waals surface area contributed by atoms with Crippen molar-refractivity contribution in [1.29, 1.82) is 0 Å². The summed E-state index contributed by atoms with van der Waals surface area (Å²) in [4.78, 5) is 37.3. The third-order valence-electron chi connectivity index (χ3n) is 4.52. The molecule has 20 heavy (non-hydrogen) atoms. The van der Waals surface area contributed by atoms with Gasteiger partial charge in [-0.15, -0.1) is 0 Å². The highest BCUT2D eigenvalue weighted by Gasteiger charge is 2.50. The number of benzene rings is 1. The minimum absolute atomic E-state index is 0.0811. The molecule has 2 aliphatic carbocycles. The van der Waals surface area contributed by atoms with Crippen LogP contribution in [-0.2, 0) is 9.59 Å². The van der Waals surface area contributed by atoms with Crippen molar-refractivity contribution in [2.45, 2.75) is 26.2 Å². The molecular weight excluding hydrogens is 320 g/mol. The Kier molecular flexibility index (Phi) is 3.36. The number of hydrogen-bond acceptors (Lipinski definition) is 3. The second kappa shape index (κ2) is 4.92. The minimum atomic E-state index is -1.05. The van der Waals surface area contributed by atoms with E-state index in [0.717, 1.165) is 22.9 Å². The number of carbonyl (C=O) groups is 3. The molecule has 2 bridgehead atoms. The van der Waals surface area contributed by atoms with Gasteiger partial charge in [0.1, 0.15) is 5.92 Å². The van der Waals surface area contributed by atoms with Gasteiger partial charge in [0.25, 0.3) is 0 Å². The molecule has 0 amide bonds. The van der Waals surface area contributed by atoms with Crippen LogP contribution in [0.4, 0.5) is 0 Å². The minimum Gasteiger partial charge on any atom is -0.298 e. The standard InChI is InChI=1S/C16H15BrO3/c1-8-6-11(17)4-5-12(8)16(20)13-14(18)9-2-3-10(7-9)15(13)19/h4-6,9-10,13H,2-3,7H2,1H3. The lowest BCUT2D eigenvalue weighted by Gasteiger charge is -2.24. The number of halogens is 1. The average molecular weight is 335 g/mol. The van der Waals surface area contributed by atoms with Crippen LogP contribution in [0, 0.1) is 24.7 Å². The van der Waals surface area contributed by atoms with E-state index in [0.29, 0.717) is 12.0 Å². The molecule has 3 nitrogen and oxygen atoms in total. The molecule has 0 heterocycles.